The Morgan fingerprint density at radius 1 is 1.22 bits per heavy atom. The Hall–Kier alpha value is -2.58. The highest BCUT2D eigenvalue weighted by Crippen LogP contribution is 2.15. The molecule has 1 saturated heterocycles. The summed E-state index contributed by atoms with van der Waals surface area (Å²) >= 11 is 0. The molecule has 0 radical (unpaired) electrons. The standard InChI is InChI=1S/C18H17NO4/c20-17(21)15-12-14-7-6-13(11-16(14)23-18(15)22)5-4-10-19-8-2-1-3-9-19/h6-7,11-12H,1-3,8-10H2,(H,20,21). The van der Waals surface area contributed by atoms with Crippen molar-refractivity contribution in [3.05, 3.63) is 45.8 Å². The van der Waals surface area contributed by atoms with E-state index < -0.39 is 11.6 Å². The average molecular weight is 311 g/mol. The molecule has 5 heteroatoms. The minimum absolute atomic E-state index is 0.352. The lowest BCUT2D eigenvalue weighted by Crippen LogP contribution is -2.29. The van der Waals surface area contributed by atoms with Gasteiger partial charge < -0.3 is 9.52 Å². The number of rotatable bonds is 2. The molecule has 0 atom stereocenters. The van der Waals surface area contributed by atoms with E-state index in [4.69, 9.17) is 9.52 Å². The Morgan fingerprint density at radius 2 is 2.00 bits per heavy atom. The minimum atomic E-state index is -1.29. The van der Waals surface area contributed by atoms with Gasteiger partial charge in [0.2, 0.25) is 0 Å². The normalized spacial score (nSPS) is 15.1. The molecule has 118 valence electrons. The van der Waals surface area contributed by atoms with Gasteiger partial charge in [0.25, 0.3) is 0 Å². The van der Waals surface area contributed by atoms with Crippen LogP contribution in [0.1, 0.15) is 35.2 Å². The number of piperidine rings is 1. The van der Waals surface area contributed by atoms with Gasteiger partial charge in [0.05, 0.1) is 6.54 Å². The highest BCUT2D eigenvalue weighted by molar-refractivity contribution is 5.91. The SMILES string of the molecule is O=C(O)c1cc2ccc(C#CCN3CCCCC3)cc2oc1=O. The fourth-order valence-electron chi connectivity index (χ4n) is 2.71. The number of benzene rings is 1. The molecule has 1 aromatic carbocycles. The van der Waals surface area contributed by atoms with Crippen molar-refractivity contribution in [3.8, 4) is 11.8 Å². The summed E-state index contributed by atoms with van der Waals surface area (Å²) in [6, 6.07) is 6.52. The second-order valence-corrected chi connectivity index (χ2v) is 5.64. The first-order valence-electron chi connectivity index (χ1n) is 7.66. The molecule has 0 saturated carbocycles. The summed E-state index contributed by atoms with van der Waals surface area (Å²) in [6.07, 6.45) is 3.76. The molecule has 0 unspecified atom stereocenters. The van der Waals surface area contributed by atoms with Crippen LogP contribution in [0, 0.1) is 11.8 Å². The summed E-state index contributed by atoms with van der Waals surface area (Å²) in [5.41, 5.74) is -0.102. The van der Waals surface area contributed by atoms with E-state index in [1.54, 1.807) is 18.2 Å². The monoisotopic (exact) mass is 311 g/mol. The lowest BCUT2D eigenvalue weighted by molar-refractivity contribution is 0.0692. The van der Waals surface area contributed by atoms with Crippen LogP contribution in [0.5, 0.6) is 0 Å². The van der Waals surface area contributed by atoms with Crippen molar-refractivity contribution < 1.29 is 14.3 Å². The largest absolute Gasteiger partial charge is 0.477 e. The second-order valence-electron chi connectivity index (χ2n) is 5.64. The fraction of sp³-hybridized carbons (Fsp3) is 0.333. The van der Waals surface area contributed by atoms with E-state index in [-0.39, 0.29) is 5.56 Å². The molecule has 1 fully saturated rings. The molecule has 1 aliphatic rings. The summed E-state index contributed by atoms with van der Waals surface area (Å²) in [6.45, 7) is 2.93. The van der Waals surface area contributed by atoms with Crippen LogP contribution in [-0.4, -0.2) is 35.6 Å². The number of carbonyl (C=O) groups is 1. The van der Waals surface area contributed by atoms with E-state index in [1.807, 2.05) is 0 Å². The summed E-state index contributed by atoms with van der Waals surface area (Å²) in [7, 11) is 0. The van der Waals surface area contributed by atoms with Gasteiger partial charge in [-0.2, -0.15) is 0 Å². The zero-order valence-electron chi connectivity index (χ0n) is 12.7. The average Bonchev–Trinajstić information content (AvgIpc) is 2.55. The highest BCUT2D eigenvalue weighted by atomic mass is 16.4. The van der Waals surface area contributed by atoms with Gasteiger partial charge in [-0.25, -0.2) is 9.59 Å². The predicted octanol–water partition coefficient (Wildman–Crippen LogP) is 2.33. The molecular formula is C18H17NO4. The molecule has 1 aromatic heterocycles. The Labute approximate surface area is 133 Å². The number of hydrogen-bond acceptors (Lipinski definition) is 4. The molecule has 5 nitrogen and oxygen atoms in total. The number of nitrogens with zero attached hydrogens (tertiary/aromatic N) is 1. The first-order chi connectivity index (χ1) is 11.1. The molecular weight excluding hydrogens is 294 g/mol. The van der Waals surface area contributed by atoms with Crippen molar-refractivity contribution in [2.45, 2.75) is 19.3 Å². The molecule has 1 N–H and O–H groups in total. The maximum Gasteiger partial charge on any atom is 0.351 e. The van der Waals surface area contributed by atoms with E-state index in [2.05, 4.69) is 16.7 Å². The first kappa shape index (κ1) is 15.3. The lowest BCUT2D eigenvalue weighted by Gasteiger charge is -2.23. The van der Waals surface area contributed by atoms with Gasteiger partial charge in [-0.05, 0) is 50.2 Å². The molecule has 23 heavy (non-hydrogen) atoms. The molecule has 0 bridgehead atoms. The van der Waals surface area contributed by atoms with Crippen molar-refractivity contribution in [3.63, 3.8) is 0 Å². The molecule has 1 aliphatic heterocycles. The third-order valence-electron chi connectivity index (χ3n) is 3.95. The van der Waals surface area contributed by atoms with E-state index in [0.717, 1.165) is 25.2 Å². The minimum Gasteiger partial charge on any atom is -0.477 e. The number of hydrogen-bond donors (Lipinski definition) is 1. The van der Waals surface area contributed by atoms with Crippen LogP contribution < -0.4 is 5.63 Å². The second kappa shape index (κ2) is 6.67. The highest BCUT2D eigenvalue weighted by Gasteiger charge is 2.12. The van der Waals surface area contributed by atoms with Gasteiger partial charge in [-0.1, -0.05) is 18.3 Å². The lowest BCUT2D eigenvalue weighted by atomic mass is 10.1. The maximum absolute atomic E-state index is 11.6. The number of fused-ring (bicyclic) bond motifs is 1. The smallest absolute Gasteiger partial charge is 0.351 e. The summed E-state index contributed by atoms with van der Waals surface area (Å²) in [5, 5.41) is 9.51. The quantitative estimate of drug-likeness (QED) is 0.681. The fourth-order valence-corrected chi connectivity index (χ4v) is 2.71. The number of carboxylic acid groups (broad SMARTS) is 1. The maximum atomic E-state index is 11.6. The van der Waals surface area contributed by atoms with Crippen LogP contribution >= 0.6 is 0 Å². The van der Waals surface area contributed by atoms with E-state index >= 15 is 0 Å². The van der Waals surface area contributed by atoms with Gasteiger partial charge >= 0.3 is 11.6 Å². The first-order valence-corrected chi connectivity index (χ1v) is 7.66. The predicted molar refractivity (Wildman–Crippen MR) is 86.6 cm³/mol. The van der Waals surface area contributed by atoms with Crippen molar-refractivity contribution in [1.29, 1.82) is 0 Å². The van der Waals surface area contributed by atoms with Gasteiger partial charge in [-0.3, -0.25) is 4.90 Å². The van der Waals surface area contributed by atoms with Gasteiger partial charge in [-0.15, -0.1) is 0 Å². The van der Waals surface area contributed by atoms with Crippen molar-refractivity contribution >= 4 is 16.9 Å². The van der Waals surface area contributed by atoms with Crippen molar-refractivity contribution in [2.75, 3.05) is 19.6 Å². The van der Waals surface area contributed by atoms with Crippen LogP contribution in [0.3, 0.4) is 0 Å². The third-order valence-corrected chi connectivity index (χ3v) is 3.95. The van der Waals surface area contributed by atoms with Crippen LogP contribution in [0.25, 0.3) is 11.0 Å². The Morgan fingerprint density at radius 3 is 2.74 bits per heavy atom. The third kappa shape index (κ3) is 3.61. The number of aromatic carboxylic acids is 1. The number of carboxylic acids is 1. The molecule has 3 rings (SSSR count). The Kier molecular flexibility index (Phi) is 4.45. The van der Waals surface area contributed by atoms with Gasteiger partial charge in [0.1, 0.15) is 11.1 Å². The zero-order chi connectivity index (χ0) is 16.2. The van der Waals surface area contributed by atoms with Crippen LogP contribution in [0.4, 0.5) is 0 Å². The van der Waals surface area contributed by atoms with Crippen LogP contribution in [-0.2, 0) is 0 Å². The van der Waals surface area contributed by atoms with Crippen LogP contribution in [0.15, 0.2) is 33.5 Å². The van der Waals surface area contributed by atoms with Gasteiger partial charge in [0, 0.05) is 10.9 Å². The summed E-state index contributed by atoms with van der Waals surface area (Å²) in [4.78, 5) is 24.9. The zero-order valence-corrected chi connectivity index (χ0v) is 12.7. The van der Waals surface area contributed by atoms with E-state index in [9.17, 15) is 9.59 Å². The molecule has 2 aromatic rings. The number of likely N-dealkylation sites (tertiary alicyclic amines) is 1. The van der Waals surface area contributed by atoms with E-state index in [1.165, 1.54) is 25.3 Å². The molecule has 0 aliphatic carbocycles. The molecule has 0 spiro atoms. The summed E-state index contributed by atoms with van der Waals surface area (Å²) in [5.74, 6) is 4.93. The van der Waals surface area contributed by atoms with Crippen molar-refractivity contribution in [2.24, 2.45) is 0 Å². The van der Waals surface area contributed by atoms with Crippen molar-refractivity contribution in [1.82, 2.24) is 4.90 Å². The Bertz CT molecular complexity index is 851. The van der Waals surface area contributed by atoms with E-state index in [0.29, 0.717) is 11.0 Å². The topological polar surface area (TPSA) is 70.8 Å². The van der Waals surface area contributed by atoms with Crippen LogP contribution in [0.2, 0.25) is 0 Å². The molecule has 2 heterocycles. The summed E-state index contributed by atoms with van der Waals surface area (Å²) < 4.78 is 5.08. The molecule has 0 amide bonds. The van der Waals surface area contributed by atoms with Gasteiger partial charge in [0.15, 0.2) is 0 Å². The Balaban J connectivity index is 1.81.